The summed E-state index contributed by atoms with van der Waals surface area (Å²) in [4.78, 5) is 36.4. The number of rotatable bonds is 7. The number of nitrogens with zero attached hydrogens (tertiary/aromatic N) is 2. The third-order valence-electron chi connectivity index (χ3n) is 4.92. The molecule has 0 saturated carbocycles. The summed E-state index contributed by atoms with van der Waals surface area (Å²) < 4.78 is 11.0. The van der Waals surface area contributed by atoms with Crippen molar-refractivity contribution in [2.75, 3.05) is 12.1 Å². The van der Waals surface area contributed by atoms with E-state index < -0.39 is 16.7 Å². The first kappa shape index (κ1) is 21.6. The molecule has 0 aromatic heterocycles. The quantitative estimate of drug-likeness (QED) is 0.257. The summed E-state index contributed by atoms with van der Waals surface area (Å²) in [5, 5.41) is 12.9. The number of hydrogen-bond donors (Lipinski definition) is 1. The Bertz CT molecular complexity index is 1240. The SMILES string of the molecule is COc1cc(/C=C2/C(=O)NN(c3ccccc3)C2=O)cc([N+](=O)[O-])c1OCc1ccccc1. The minimum atomic E-state index is -0.616. The van der Waals surface area contributed by atoms with Crippen LogP contribution < -0.4 is 19.9 Å². The number of hydrogen-bond acceptors (Lipinski definition) is 6. The number of ether oxygens (including phenoxy) is 2. The highest BCUT2D eigenvalue weighted by molar-refractivity contribution is 6.31. The van der Waals surface area contributed by atoms with Gasteiger partial charge in [0, 0.05) is 6.07 Å². The van der Waals surface area contributed by atoms with Crippen molar-refractivity contribution in [1.29, 1.82) is 0 Å². The monoisotopic (exact) mass is 445 g/mol. The zero-order valence-electron chi connectivity index (χ0n) is 17.6. The van der Waals surface area contributed by atoms with Gasteiger partial charge in [0.05, 0.1) is 17.7 Å². The molecular weight excluding hydrogens is 426 g/mol. The summed E-state index contributed by atoms with van der Waals surface area (Å²) in [5.41, 5.74) is 3.56. The molecule has 166 valence electrons. The van der Waals surface area contributed by atoms with Crippen LogP contribution >= 0.6 is 0 Å². The Kier molecular flexibility index (Phi) is 6.03. The predicted molar refractivity (Wildman–Crippen MR) is 120 cm³/mol. The molecule has 2 amide bonds. The van der Waals surface area contributed by atoms with E-state index in [-0.39, 0.29) is 34.9 Å². The minimum Gasteiger partial charge on any atom is -0.493 e. The molecule has 1 aliphatic heterocycles. The summed E-state index contributed by atoms with van der Waals surface area (Å²) in [6.45, 7) is 0.103. The number of methoxy groups -OCH3 is 1. The molecule has 0 atom stereocenters. The van der Waals surface area contributed by atoms with Crippen LogP contribution in [-0.2, 0) is 16.2 Å². The highest BCUT2D eigenvalue weighted by Crippen LogP contribution is 2.39. The molecule has 1 heterocycles. The van der Waals surface area contributed by atoms with Gasteiger partial charge in [-0.25, -0.2) is 5.01 Å². The Hall–Kier alpha value is -4.66. The van der Waals surface area contributed by atoms with Crippen molar-refractivity contribution in [3.05, 3.63) is 99.6 Å². The molecule has 9 heteroatoms. The maximum atomic E-state index is 12.8. The van der Waals surface area contributed by atoms with Crippen LogP contribution in [0.4, 0.5) is 11.4 Å². The molecule has 0 spiro atoms. The lowest BCUT2D eigenvalue weighted by molar-refractivity contribution is -0.386. The maximum Gasteiger partial charge on any atom is 0.315 e. The molecule has 0 unspecified atom stereocenters. The lowest BCUT2D eigenvalue weighted by atomic mass is 10.1. The maximum absolute atomic E-state index is 12.8. The van der Waals surface area contributed by atoms with Crippen LogP contribution in [0, 0.1) is 10.1 Å². The number of benzene rings is 3. The van der Waals surface area contributed by atoms with E-state index in [9.17, 15) is 19.7 Å². The normalized spacial score (nSPS) is 14.3. The van der Waals surface area contributed by atoms with Crippen LogP contribution in [0.15, 0.2) is 78.4 Å². The fraction of sp³-hybridized carbons (Fsp3) is 0.0833. The van der Waals surface area contributed by atoms with Gasteiger partial charge in [-0.1, -0.05) is 48.5 Å². The molecule has 1 fully saturated rings. The summed E-state index contributed by atoms with van der Waals surface area (Å²) in [6, 6.07) is 20.5. The van der Waals surface area contributed by atoms with Crippen LogP contribution in [0.1, 0.15) is 11.1 Å². The first-order valence-electron chi connectivity index (χ1n) is 9.93. The number of nitro benzene ring substituents is 1. The van der Waals surface area contributed by atoms with Crippen LogP contribution in [0.5, 0.6) is 11.5 Å². The molecule has 4 rings (SSSR count). The summed E-state index contributed by atoms with van der Waals surface area (Å²) in [6.07, 6.45) is 1.29. The second-order valence-corrected chi connectivity index (χ2v) is 7.08. The summed E-state index contributed by atoms with van der Waals surface area (Å²) >= 11 is 0. The number of nitrogens with one attached hydrogen (secondary N) is 1. The summed E-state index contributed by atoms with van der Waals surface area (Å²) in [5.74, 6) is -1.12. The standard InChI is InChI=1S/C24H19N3O6/c1-32-21-14-17(12-19-23(28)25-26(24(19)29)18-10-6-3-7-11-18)13-20(27(30)31)22(21)33-15-16-8-4-2-5-9-16/h2-14H,15H2,1H3,(H,25,28)/b19-12-. The van der Waals surface area contributed by atoms with Gasteiger partial charge in [0.15, 0.2) is 5.75 Å². The van der Waals surface area contributed by atoms with E-state index in [2.05, 4.69) is 5.43 Å². The third kappa shape index (κ3) is 4.52. The molecule has 0 radical (unpaired) electrons. The zero-order chi connectivity index (χ0) is 23.4. The Morgan fingerprint density at radius 2 is 1.70 bits per heavy atom. The molecule has 1 aliphatic rings. The lowest BCUT2D eigenvalue weighted by Crippen LogP contribution is -2.35. The van der Waals surface area contributed by atoms with E-state index >= 15 is 0 Å². The smallest absolute Gasteiger partial charge is 0.315 e. The molecule has 0 bridgehead atoms. The van der Waals surface area contributed by atoms with Crippen molar-refractivity contribution < 1.29 is 24.0 Å². The van der Waals surface area contributed by atoms with Gasteiger partial charge in [0.2, 0.25) is 5.75 Å². The highest BCUT2D eigenvalue weighted by Gasteiger charge is 2.34. The van der Waals surface area contributed by atoms with Gasteiger partial charge in [-0.2, -0.15) is 0 Å². The van der Waals surface area contributed by atoms with Crippen LogP contribution in [-0.4, -0.2) is 23.8 Å². The lowest BCUT2D eigenvalue weighted by Gasteiger charge is -2.14. The molecule has 1 N–H and O–H groups in total. The van der Waals surface area contributed by atoms with Crippen molar-refractivity contribution in [3.8, 4) is 11.5 Å². The van der Waals surface area contributed by atoms with Crippen molar-refractivity contribution in [2.45, 2.75) is 6.61 Å². The van der Waals surface area contributed by atoms with Gasteiger partial charge >= 0.3 is 5.69 Å². The molecule has 0 aliphatic carbocycles. The molecule has 1 saturated heterocycles. The highest BCUT2D eigenvalue weighted by atomic mass is 16.6. The van der Waals surface area contributed by atoms with Crippen LogP contribution in [0.3, 0.4) is 0 Å². The van der Waals surface area contributed by atoms with Gasteiger partial charge in [0.1, 0.15) is 12.2 Å². The zero-order valence-corrected chi connectivity index (χ0v) is 17.6. The first-order chi connectivity index (χ1) is 16.0. The number of nitro groups is 1. The van der Waals surface area contributed by atoms with E-state index in [1.807, 2.05) is 30.3 Å². The topological polar surface area (TPSA) is 111 Å². The number of carbonyl (C=O) groups is 2. The van der Waals surface area contributed by atoms with Crippen molar-refractivity contribution in [1.82, 2.24) is 5.43 Å². The van der Waals surface area contributed by atoms with Gasteiger partial charge < -0.3 is 9.47 Å². The van der Waals surface area contributed by atoms with E-state index in [1.54, 1.807) is 30.3 Å². The summed E-state index contributed by atoms with van der Waals surface area (Å²) in [7, 11) is 1.36. The number of hydrazine groups is 1. The average molecular weight is 445 g/mol. The Morgan fingerprint density at radius 3 is 2.33 bits per heavy atom. The van der Waals surface area contributed by atoms with Crippen LogP contribution in [0.25, 0.3) is 6.08 Å². The van der Waals surface area contributed by atoms with Gasteiger partial charge in [-0.05, 0) is 35.4 Å². The van der Waals surface area contributed by atoms with Crippen molar-refractivity contribution in [2.24, 2.45) is 0 Å². The van der Waals surface area contributed by atoms with Crippen LogP contribution in [0.2, 0.25) is 0 Å². The predicted octanol–water partition coefficient (Wildman–Crippen LogP) is 3.64. The largest absolute Gasteiger partial charge is 0.493 e. The molecule has 3 aromatic carbocycles. The Labute approximate surface area is 189 Å². The van der Waals surface area contributed by atoms with E-state index in [1.165, 1.54) is 25.3 Å². The van der Waals surface area contributed by atoms with Crippen molar-refractivity contribution >= 4 is 29.3 Å². The minimum absolute atomic E-state index is 0.0402. The van der Waals surface area contributed by atoms with Gasteiger partial charge in [-0.15, -0.1) is 0 Å². The second-order valence-electron chi connectivity index (χ2n) is 7.08. The molecule has 33 heavy (non-hydrogen) atoms. The number of para-hydroxylation sites is 1. The Morgan fingerprint density at radius 1 is 1.03 bits per heavy atom. The molecular formula is C24H19N3O6. The number of anilines is 1. The number of carbonyl (C=O) groups excluding carboxylic acids is 2. The molecule has 9 nitrogen and oxygen atoms in total. The fourth-order valence-corrected chi connectivity index (χ4v) is 3.34. The first-order valence-corrected chi connectivity index (χ1v) is 9.93. The average Bonchev–Trinajstić information content (AvgIpc) is 3.12. The van der Waals surface area contributed by atoms with Gasteiger partial charge in [-0.3, -0.25) is 25.1 Å². The second kappa shape index (κ2) is 9.23. The van der Waals surface area contributed by atoms with E-state index in [0.29, 0.717) is 5.69 Å². The Balaban J connectivity index is 1.67. The van der Waals surface area contributed by atoms with Gasteiger partial charge in [0.25, 0.3) is 11.8 Å². The van der Waals surface area contributed by atoms with E-state index in [4.69, 9.17) is 9.47 Å². The van der Waals surface area contributed by atoms with Crippen molar-refractivity contribution in [3.63, 3.8) is 0 Å². The fourth-order valence-electron chi connectivity index (χ4n) is 3.34. The molecule has 3 aromatic rings. The number of amides is 2. The van der Waals surface area contributed by atoms with E-state index in [0.717, 1.165) is 10.6 Å². The third-order valence-corrected chi connectivity index (χ3v) is 4.92.